The van der Waals surface area contributed by atoms with Gasteiger partial charge in [0.05, 0.1) is 12.7 Å². The highest BCUT2D eigenvalue weighted by atomic mass is 16.5. The molecule has 1 aliphatic heterocycles. The molecule has 0 radical (unpaired) electrons. The van der Waals surface area contributed by atoms with E-state index in [0.717, 1.165) is 27.8 Å². The molecule has 0 bridgehead atoms. The van der Waals surface area contributed by atoms with Crippen LogP contribution in [0.3, 0.4) is 0 Å². The Kier molecular flexibility index (Phi) is 5.45. The number of ketones is 1. The molecular weight excluding hydrogens is 414 g/mol. The van der Waals surface area contributed by atoms with Gasteiger partial charge in [0.2, 0.25) is 5.78 Å². The van der Waals surface area contributed by atoms with E-state index < -0.39 is 0 Å². The average molecular weight is 437 g/mol. The third kappa shape index (κ3) is 4.13. The number of allylic oxidation sites excluding steroid dienone is 1. The average Bonchev–Trinajstić information content (AvgIpc) is 3.32. The van der Waals surface area contributed by atoms with E-state index in [-0.39, 0.29) is 5.78 Å². The van der Waals surface area contributed by atoms with E-state index in [1.807, 2.05) is 78.5 Å². The van der Waals surface area contributed by atoms with Gasteiger partial charge in [-0.05, 0) is 48.0 Å². The van der Waals surface area contributed by atoms with Gasteiger partial charge in [0.1, 0.15) is 23.9 Å². The molecule has 5 nitrogen and oxygen atoms in total. The number of carbonyl (C=O) groups excluding carboxylic acids is 1. The van der Waals surface area contributed by atoms with Crippen LogP contribution >= 0.6 is 0 Å². The van der Waals surface area contributed by atoms with Crippen LogP contribution in [0, 0.1) is 0 Å². The number of fused-ring (bicyclic) bond motifs is 2. The first-order valence-corrected chi connectivity index (χ1v) is 10.7. The van der Waals surface area contributed by atoms with Gasteiger partial charge in [0.25, 0.3) is 0 Å². The summed E-state index contributed by atoms with van der Waals surface area (Å²) in [5, 5.41) is 0.992. The highest BCUT2D eigenvalue weighted by Crippen LogP contribution is 2.36. The zero-order valence-corrected chi connectivity index (χ0v) is 18.4. The van der Waals surface area contributed by atoms with E-state index in [1.54, 1.807) is 31.4 Å². The summed E-state index contributed by atoms with van der Waals surface area (Å²) in [4.78, 5) is 12.9. The number of hydrogen-bond donors (Lipinski definition) is 0. The molecule has 4 aromatic rings. The maximum absolute atomic E-state index is 12.9. The van der Waals surface area contributed by atoms with Gasteiger partial charge in [-0.1, -0.05) is 36.4 Å². The largest absolute Gasteiger partial charge is 0.497 e. The number of aryl methyl sites for hydroxylation is 1. The van der Waals surface area contributed by atoms with Crippen molar-refractivity contribution < 1.29 is 19.0 Å². The lowest BCUT2D eigenvalue weighted by Crippen LogP contribution is -1.97. The van der Waals surface area contributed by atoms with Gasteiger partial charge in [-0.15, -0.1) is 0 Å². The van der Waals surface area contributed by atoms with E-state index in [1.165, 1.54) is 0 Å². The van der Waals surface area contributed by atoms with Crippen LogP contribution in [0.1, 0.15) is 21.5 Å². The zero-order valence-electron chi connectivity index (χ0n) is 18.4. The number of methoxy groups -OCH3 is 1. The molecule has 0 unspecified atom stereocenters. The number of carbonyl (C=O) groups is 1. The predicted molar refractivity (Wildman–Crippen MR) is 130 cm³/mol. The number of hydrogen-bond acceptors (Lipinski definition) is 4. The van der Waals surface area contributed by atoms with Crippen LogP contribution in [-0.4, -0.2) is 24.1 Å². The SMILES string of the molecule is COc1ccc2c(c1)c(C=C1Oc3cc(OCC=Cc4ccccc4)ccc3C1=O)cn2C. The minimum absolute atomic E-state index is 0.138. The minimum atomic E-state index is -0.138. The molecule has 0 N–H and O–H groups in total. The summed E-state index contributed by atoms with van der Waals surface area (Å²) in [6, 6.07) is 21.2. The van der Waals surface area contributed by atoms with Crippen LogP contribution in [-0.2, 0) is 7.05 Å². The molecule has 5 heteroatoms. The first kappa shape index (κ1) is 20.6. The molecule has 0 aliphatic carbocycles. The molecule has 3 aromatic carbocycles. The summed E-state index contributed by atoms with van der Waals surface area (Å²) in [5.74, 6) is 2.07. The van der Waals surface area contributed by atoms with Gasteiger partial charge in [0.15, 0.2) is 5.76 Å². The Labute approximate surface area is 192 Å². The Morgan fingerprint density at radius 1 is 1.00 bits per heavy atom. The standard InChI is InChI=1S/C28H23NO4/c1-29-18-20(24-16-21(31-2)11-13-25(24)29)15-27-28(30)23-12-10-22(17-26(23)33-27)32-14-6-9-19-7-4-3-5-8-19/h3-13,15-18H,14H2,1-2H3. The van der Waals surface area contributed by atoms with Gasteiger partial charge >= 0.3 is 0 Å². The first-order valence-electron chi connectivity index (χ1n) is 10.7. The van der Waals surface area contributed by atoms with Gasteiger partial charge in [-0.3, -0.25) is 4.79 Å². The molecule has 0 saturated carbocycles. The quantitative estimate of drug-likeness (QED) is 0.353. The number of rotatable bonds is 6. The molecule has 0 atom stereocenters. The number of Topliss-reactive ketones (excluding diaryl/α,β-unsaturated/α-hetero) is 1. The van der Waals surface area contributed by atoms with E-state index in [9.17, 15) is 4.79 Å². The van der Waals surface area contributed by atoms with E-state index in [2.05, 4.69) is 0 Å². The fourth-order valence-electron chi connectivity index (χ4n) is 3.93. The summed E-state index contributed by atoms with van der Waals surface area (Å²) >= 11 is 0. The van der Waals surface area contributed by atoms with Crippen molar-refractivity contribution in [2.45, 2.75) is 0 Å². The van der Waals surface area contributed by atoms with Gasteiger partial charge < -0.3 is 18.8 Å². The molecule has 0 amide bonds. The van der Waals surface area contributed by atoms with Crippen molar-refractivity contribution in [1.82, 2.24) is 4.57 Å². The fourth-order valence-corrected chi connectivity index (χ4v) is 3.93. The highest BCUT2D eigenvalue weighted by molar-refractivity contribution is 6.15. The van der Waals surface area contributed by atoms with Crippen molar-refractivity contribution in [2.75, 3.05) is 13.7 Å². The third-order valence-corrected chi connectivity index (χ3v) is 5.61. The molecule has 0 saturated heterocycles. The lowest BCUT2D eigenvalue weighted by molar-refractivity contribution is 0.101. The Bertz CT molecular complexity index is 1400. The van der Waals surface area contributed by atoms with Crippen molar-refractivity contribution in [3.05, 3.63) is 101 Å². The lowest BCUT2D eigenvalue weighted by atomic mass is 10.1. The lowest BCUT2D eigenvalue weighted by Gasteiger charge is -2.04. The smallest absolute Gasteiger partial charge is 0.231 e. The summed E-state index contributed by atoms with van der Waals surface area (Å²) in [7, 11) is 3.61. The topological polar surface area (TPSA) is 49.7 Å². The maximum Gasteiger partial charge on any atom is 0.231 e. The van der Waals surface area contributed by atoms with Crippen LogP contribution in [0.5, 0.6) is 17.2 Å². The van der Waals surface area contributed by atoms with Gasteiger partial charge in [0, 0.05) is 35.8 Å². The second-order valence-corrected chi connectivity index (χ2v) is 7.80. The molecular formula is C28H23NO4. The first-order chi connectivity index (χ1) is 16.1. The molecule has 164 valence electrons. The number of nitrogens with zero attached hydrogens (tertiary/aromatic N) is 1. The molecule has 5 rings (SSSR count). The normalized spacial score (nSPS) is 14.1. The number of aromatic nitrogens is 1. The minimum Gasteiger partial charge on any atom is -0.497 e. The van der Waals surface area contributed by atoms with Gasteiger partial charge in [-0.2, -0.15) is 0 Å². The summed E-state index contributed by atoms with van der Waals surface area (Å²) in [6.07, 6.45) is 7.72. The Morgan fingerprint density at radius 2 is 1.82 bits per heavy atom. The molecule has 0 fully saturated rings. The molecule has 33 heavy (non-hydrogen) atoms. The number of benzene rings is 3. The van der Waals surface area contributed by atoms with Crippen molar-refractivity contribution in [1.29, 1.82) is 0 Å². The third-order valence-electron chi connectivity index (χ3n) is 5.61. The van der Waals surface area contributed by atoms with Crippen LogP contribution in [0.4, 0.5) is 0 Å². The second-order valence-electron chi connectivity index (χ2n) is 7.80. The van der Waals surface area contributed by atoms with E-state index >= 15 is 0 Å². The molecule has 0 spiro atoms. The summed E-state index contributed by atoms with van der Waals surface area (Å²) < 4.78 is 19.1. The summed E-state index contributed by atoms with van der Waals surface area (Å²) in [6.45, 7) is 0.419. The van der Waals surface area contributed by atoms with Crippen LogP contribution in [0.25, 0.3) is 23.1 Å². The van der Waals surface area contributed by atoms with Crippen LogP contribution in [0.2, 0.25) is 0 Å². The molecule has 1 aliphatic rings. The van der Waals surface area contributed by atoms with Gasteiger partial charge in [-0.25, -0.2) is 0 Å². The van der Waals surface area contributed by atoms with Crippen molar-refractivity contribution in [2.24, 2.45) is 7.05 Å². The monoisotopic (exact) mass is 437 g/mol. The molecule has 2 heterocycles. The predicted octanol–water partition coefficient (Wildman–Crippen LogP) is 5.90. The fraction of sp³-hybridized carbons (Fsp3) is 0.107. The van der Waals surface area contributed by atoms with Crippen molar-refractivity contribution in [3.63, 3.8) is 0 Å². The van der Waals surface area contributed by atoms with E-state index in [4.69, 9.17) is 14.2 Å². The molecule has 1 aromatic heterocycles. The van der Waals surface area contributed by atoms with Crippen LogP contribution < -0.4 is 14.2 Å². The Hall–Kier alpha value is -4.25. The van der Waals surface area contributed by atoms with Crippen LogP contribution in [0.15, 0.2) is 84.8 Å². The van der Waals surface area contributed by atoms with E-state index in [0.29, 0.717) is 29.4 Å². The zero-order chi connectivity index (χ0) is 22.8. The van der Waals surface area contributed by atoms with Crippen molar-refractivity contribution >= 4 is 28.8 Å². The Morgan fingerprint density at radius 3 is 2.64 bits per heavy atom. The second kappa shape index (κ2) is 8.71. The van der Waals surface area contributed by atoms with Crippen molar-refractivity contribution in [3.8, 4) is 17.2 Å². The highest BCUT2D eigenvalue weighted by Gasteiger charge is 2.28. The number of ether oxygens (including phenoxy) is 3. The Balaban J connectivity index is 1.34. The summed E-state index contributed by atoms with van der Waals surface area (Å²) in [5.41, 5.74) is 3.59. The maximum atomic E-state index is 12.9.